The van der Waals surface area contributed by atoms with E-state index in [2.05, 4.69) is 11.1 Å². The Morgan fingerprint density at radius 2 is 1.89 bits per heavy atom. The lowest BCUT2D eigenvalue weighted by Gasteiger charge is -2.10. The smallest absolute Gasteiger partial charge is 0.119 e. The van der Waals surface area contributed by atoms with Gasteiger partial charge in [-0.25, -0.2) is 0 Å². The molecule has 3 nitrogen and oxygen atoms in total. The fraction of sp³-hybridized carbons (Fsp3) is 0.250. The predicted octanol–water partition coefficient (Wildman–Crippen LogP) is 3.60. The summed E-state index contributed by atoms with van der Waals surface area (Å²) in [6.07, 6.45) is 2.32. The zero-order valence-corrected chi connectivity index (χ0v) is 11.1. The Balaban J connectivity index is 2.15. The van der Waals surface area contributed by atoms with E-state index < -0.39 is 0 Å². The van der Waals surface area contributed by atoms with Crippen molar-refractivity contribution in [3.63, 3.8) is 0 Å². The summed E-state index contributed by atoms with van der Waals surface area (Å²) >= 11 is 0. The molecule has 3 heteroatoms. The van der Waals surface area contributed by atoms with Gasteiger partial charge in [0, 0.05) is 11.8 Å². The fourth-order valence-corrected chi connectivity index (χ4v) is 1.77. The SMILES string of the molecule is CC(C)Oc1ccc(-c2ccc(CC#N)cn2)cc1. The van der Waals surface area contributed by atoms with Crippen LogP contribution in [-0.4, -0.2) is 11.1 Å². The topological polar surface area (TPSA) is 45.9 Å². The van der Waals surface area contributed by atoms with E-state index in [1.807, 2.05) is 50.2 Å². The Hall–Kier alpha value is -2.34. The zero-order chi connectivity index (χ0) is 13.7. The minimum Gasteiger partial charge on any atom is -0.491 e. The van der Waals surface area contributed by atoms with E-state index in [1.165, 1.54) is 0 Å². The van der Waals surface area contributed by atoms with Crippen LogP contribution in [0.25, 0.3) is 11.3 Å². The van der Waals surface area contributed by atoms with Gasteiger partial charge in [-0.3, -0.25) is 4.98 Å². The summed E-state index contributed by atoms with van der Waals surface area (Å²) in [5.74, 6) is 0.861. The molecule has 0 saturated heterocycles. The average Bonchev–Trinajstić information content (AvgIpc) is 2.40. The number of pyridine rings is 1. The van der Waals surface area contributed by atoms with E-state index in [0.29, 0.717) is 6.42 Å². The first-order valence-electron chi connectivity index (χ1n) is 6.28. The number of hydrogen-bond donors (Lipinski definition) is 0. The number of benzene rings is 1. The third kappa shape index (κ3) is 3.56. The van der Waals surface area contributed by atoms with Crippen molar-refractivity contribution >= 4 is 0 Å². The lowest BCUT2D eigenvalue weighted by Crippen LogP contribution is -2.05. The molecule has 1 aromatic carbocycles. The molecule has 0 N–H and O–H groups in total. The van der Waals surface area contributed by atoms with Crippen LogP contribution in [0.5, 0.6) is 5.75 Å². The molecule has 0 atom stereocenters. The molecular weight excluding hydrogens is 236 g/mol. The van der Waals surface area contributed by atoms with Crippen LogP contribution in [0.1, 0.15) is 19.4 Å². The van der Waals surface area contributed by atoms with Crippen LogP contribution >= 0.6 is 0 Å². The molecule has 2 aromatic rings. The van der Waals surface area contributed by atoms with Crippen LogP contribution in [0, 0.1) is 11.3 Å². The second-order valence-corrected chi connectivity index (χ2v) is 4.58. The van der Waals surface area contributed by atoms with E-state index in [9.17, 15) is 0 Å². The van der Waals surface area contributed by atoms with Gasteiger partial charge in [-0.05, 0) is 49.7 Å². The largest absolute Gasteiger partial charge is 0.491 e. The van der Waals surface area contributed by atoms with Crippen LogP contribution < -0.4 is 4.74 Å². The highest BCUT2D eigenvalue weighted by molar-refractivity contribution is 5.60. The Kier molecular flexibility index (Phi) is 4.15. The summed E-state index contributed by atoms with van der Waals surface area (Å²) in [6, 6.07) is 13.9. The van der Waals surface area contributed by atoms with Crippen LogP contribution in [-0.2, 0) is 6.42 Å². The quantitative estimate of drug-likeness (QED) is 0.835. The van der Waals surface area contributed by atoms with E-state index in [4.69, 9.17) is 10.00 Å². The highest BCUT2D eigenvalue weighted by Gasteiger charge is 2.02. The summed E-state index contributed by atoms with van der Waals surface area (Å²) < 4.78 is 5.60. The maximum atomic E-state index is 8.62. The first-order valence-corrected chi connectivity index (χ1v) is 6.28. The van der Waals surface area contributed by atoms with Gasteiger partial charge in [0.05, 0.1) is 24.3 Å². The lowest BCUT2D eigenvalue weighted by molar-refractivity contribution is 0.242. The number of rotatable bonds is 4. The van der Waals surface area contributed by atoms with Crippen molar-refractivity contribution in [2.75, 3.05) is 0 Å². The monoisotopic (exact) mass is 252 g/mol. The third-order valence-corrected chi connectivity index (χ3v) is 2.63. The van der Waals surface area contributed by atoms with Gasteiger partial charge < -0.3 is 4.74 Å². The van der Waals surface area contributed by atoms with Gasteiger partial charge in [-0.1, -0.05) is 6.07 Å². The number of hydrogen-bond acceptors (Lipinski definition) is 3. The summed E-state index contributed by atoms with van der Waals surface area (Å²) in [5.41, 5.74) is 2.88. The Morgan fingerprint density at radius 1 is 1.16 bits per heavy atom. The number of nitrogens with zero attached hydrogens (tertiary/aromatic N) is 2. The molecular formula is C16H16N2O. The second kappa shape index (κ2) is 6.01. The summed E-state index contributed by atoms with van der Waals surface area (Å²) in [7, 11) is 0. The van der Waals surface area contributed by atoms with Gasteiger partial charge in [0.1, 0.15) is 5.75 Å². The molecule has 0 aliphatic rings. The summed E-state index contributed by atoms with van der Waals surface area (Å²) in [4.78, 5) is 4.37. The molecule has 0 unspecified atom stereocenters. The van der Waals surface area contributed by atoms with Gasteiger partial charge in [-0.15, -0.1) is 0 Å². The van der Waals surface area contributed by atoms with Gasteiger partial charge in [-0.2, -0.15) is 5.26 Å². The van der Waals surface area contributed by atoms with Crippen molar-refractivity contribution in [3.05, 3.63) is 48.2 Å². The van der Waals surface area contributed by atoms with Crippen molar-refractivity contribution in [3.8, 4) is 23.1 Å². The standard InChI is InChI=1S/C16H16N2O/c1-12(2)19-15-6-4-14(5-7-15)16-8-3-13(9-10-17)11-18-16/h3-8,11-12H,9H2,1-2H3. The van der Waals surface area contributed by atoms with Crippen molar-refractivity contribution < 1.29 is 4.74 Å². The van der Waals surface area contributed by atoms with Crippen molar-refractivity contribution in [2.45, 2.75) is 26.4 Å². The van der Waals surface area contributed by atoms with Gasteiger partial charge in [0.15, 0.2) is 0 Å². The molecule has 1 heterocycles. The number of aromatic nitrogens is 1. The van der Waals surface area contributed by atoms with Crippen molar-refractivity contribution in [2.24, 2.45) is 0 Å². The maximum absolute atomic E-state index is 8.62. The highest BCUT2D eigenvalue weighted by Crippen LogP contribution is 2.21. The Morgan fingerprint density at radius 3 is 2.42 bits per heavy atom. The zero-order valence-electron chi connectivity index (χ0n) is 11.1. The van der Waals surface area contributed by atoms with Crippen LogP contribution in [0.15, 0.2) is 42.6 Å². The minimum absolute atomic E-state index is 0.175. The fourth-order valence-electron chi connectivity index (χ4n) is 1.77. The Bertz CT molecular complexity index is 565. The van der Waals surface area contributed by atoms with Gasteiger partial charge in [0.25, 0.3) is 0 Å². The van der Waals surface area contributed by atoms with Crippen LogP contribution in [0.3, 0.4) is 0 Å². The third-order valence-electron chi connectivity index (χ3n) is 2.63. The van der Waals surface area contributed by atoms with Crippen molar-refractivity contribution in [1.82, 2.24) is 4.98 Å². The van der Waals surface area contributed by atoms with Crippen LogP contribution in [0.4, 0.5) is 0 Å². The molecule has 96 valence electrons. The molecule has 0 aliphatic heterocycles. The molecule has 0 aliphatic carbocycles. The van der Waals surface area contributed by atoms with E-state index in [-0.39, 0.29) is 6.10 Å². The minimum atomic E-state index is 0.175. The number of nitriles is 1. The molecule has 0 amide bonds. The van der Waals surface area contributed by atoms with Crippen molar-refractivity contribution in [1.29, 1.82) is 5.26 Å². The summed E-state index contributed by atoms with van der Waals surface area (Å²) in [6.45, 7) is 4.01. The summed E-state index contributed by atoms with van der Waals surface area (Å²) in [5, 5.41) is 8.62. The molecule has 0 radical (unpaired) electrons. The first-order chi connectivity index (χ1) is 9.19. The highest BCUT2D eigenvalue weighted by atomic mass is 16.5. The molecule has 1 aromatic heterocycles. The maximum Gasteiger partial charge on any atom is 0.119 e. The lowest BCUT2D eigenvalue weighted by atomic mass is 10.1. The number of ether oxygens (including phenoxy) is 1. The predicted molar refractivity (Wildman–Crippen MR) is 74.8 cm³/mol. The normalized spacial score (nSPS) is 10.2. The van der Waals surface area contributed by atoms with Crippen LogP contribution in [0.2, 0.25) is 0 Å². The molecule has 0 saturated carbocycles. The molecule has 0 bridgehead atoms. The average molecular weight is 252 g/mol. The Labute approximate surface area is 113 Å². The molecule has 0 fully saturated rings. The van der Waals surface area contributed by atoms with Gasteiger partial charge >= 0.3 is 0 Å². The first kappa shape index (κ1) is 13.1. The van der Waals surface area contributed by atoms with Gasteiger partial charge in [0.2, 0.25) is 0 Å². The van der Waals surface area contributed by atoms with E-state index >= 15 is 0 Å². The molecule has 0 spiro atoms. The van der Waals surface area contributed by atoms with E-state index in [1.54, 1.807) is 6.20 Å². The molecule has 19 heavy (non-hydrogen) atoms. The second-order valence-electron chi connectivity index (χ2n) is 4.58. The van der Waals surface area contributed by atoms with E-state index in [0.717, 1.165) is 22.6 Å². The molecule has 2 rings (SSSR count).